The van der Waals surface area contributed by atoms with Crippen molar-refractivity contribution in [1.29, 1.82) is 0 Å². The lowest BCUT2D eigenvalue weighted by Gasteiger charge is -1.98. The molecule has 0 aliphatic carbocycles. The van der Waals surface area contributed by atoms with Crippen LogP contribution >= 0.6 is 0 Å². The van der Waals surface area contributed by atoms with Crippen LogP contribution in [0.1, 0.15) is 23.9 Å². The predicted octanol–water partition coefficient (Wildman–Crippen LogP) is 2.63. The zero-order valence-corrected chi connectivity index (χ0v) is 12.2. The van der Waals surface area contributed by atoms with Crippen molar-refractivity contribution in [1.82, 2.24) is 20.0 Å². The second-order valence-corrected chi connectivity index (χ2v) is 4.87. The molecule has 6 nitrogen and oxygen atoms in total. The van der Waals surface area contributed by atoms with E-state index in [1.54, 1.807) is 12.3 Å². The standard InChI is InChI=1S/C15H16FN5O/c1-2-21-10-12(9-18-21)8-17-15-20-19-14(22-15)7-11-4-3-5-13(16)6-11/h3-6,9-10H,2,7-8H2,1H3,(H,17,20). The van der Waals surface area contributed by atoms with Gasteiger partial charge in [0.05, 0.1) is 12.6 Å². The van der Waals surface area contributed by atoms with Crippen LogP contribution in [0.2, 0.25) is 0 Å². The summed E-state index contributed by atoms with van der Waals surface area (Å²) >= 11 is 0. The molecular weight excluding hydrogens is 285 g/mol. The molecule has 0 spiro atoms. The number of halogens is 1. The Morgan fingerprint density at radius 1 is 1.27 bits per heavy atom. The van der Waals surface area contributed by atoms with Gasteiger partial charge in [0.1, 0.15) is 5.82 Å². The third kappa shape index (κ3) is 3.49. The summed E-state index contributed by atoms with van der Waals surface area (Å²) in [5, 5.41) is 15.1. The number of nitrogens with zero attached hydrogens (tertiary/aromatic N) is 4. The first kappa shape index (κ1) is 14.2. The van der Waals surface area contributed by atoms with E-state index in [1.165, 1.54) is 12.1 Å². The van der Waals surface area contributed by atoms with Gasteiger partial charge in [0.25, 0.3) is 0 Å². The van der Waals surface area contributed by atoms with Crippen molar-refractivity contribution < 1.29 is 8.81 Å². The summed E-state index contributed by atoms with van der Waals surface area (Å²) < 4.78 is 20.5. The first-order valence-corrected chi connectivity index (χ1v) is 7.05. The van der Waals surface area contributed by atoms with Crippen LogP contribution in [0.15, 0.2) is 41.1 Å². The van der Waals surface area contributed by atoms with Gasteiger partial charge in [-0.1, -0.05) is 17.2 Å². The highest BCUT2D eigenvalue weighted by molar-refractivity contribution is 5.23. The molecule has 0 saturated heterocycles. The Kier molecular flexibility index (Phi) is 4.13. The molecule has 0 fully saturated rings. The molecule has 3 aromatic rings. The number of rotatable bonds is 6. The second kappa shape index (κ2) is 6.38. The predicted molar refractivity (Wildman–Crippen MR) is 78.7 cm³/mol. The van der Waals surface area contributed by atoms with Crippen molar-refractivity contribution in [2.24, 2.45) is 0 Å². The SMILES string of the molecule is CCn1cc(CNc2nnc(Cc3cccc(F)c3)o2)cn1. The van der Waals surface area contributed by atoms with Crippen LogP contribution in [0, 0.1) is 5.82 Å². The van der Waals surface area contributed by atoms with Crippen LogP contribution in [-0.4, -0.2) is 20.0 Å². The molecule has 0 radical (unpaired) electrons. The summed E-state index contributed by atoms with van der Waals surface area (Å²) in [5.41, 5.74) is 1.83. The average molecular weight is 301 g/mol. The fraction of sp³-hybridized carbons (Fsp3) is 0.267. The van der Waals surface area contributed by atoms with E-state index in [4.69, 9.17) is 4.42 Å². The fourth-order valence-corrected chi connectivity index (χ4v) is 2.07. The zero-order valence-electron chi connectivity index (χ0n) is 12.2. The number of benzene rings is 1. The Hall–Kier alpha value is -2.70. The monoisotopic (exact) mass is 301 g/mol. The number of aryl methyl sites for hydroxylation is 1. The Bertz CT molecular complexity index is 752. The first-order valence-electron chi connectivity index (χ1n) is 7.05. The quantitative estimate of drug-likeness (QED) is 0.758. The van der Waals surface area contributed by atoms with Gasteiger partial charge < -0.3 is 9.73 Å². The first-order chi connectivity index (χ1) is 10.7. The van der Waals surface area contributed by atoms with Crippen LogP contribution in [0.25, 0.3) is 0 Å². The Labute approximate surface area is 127 Å². The largest absolute Gasteiger partial charge is 0.408 e. The van der Waals surface area contributed by atoms with Gasteiger partial charge in [-0.05, 0) is 24.6 Å². The van der Waals surface area contributed by atoms with E-state index < -0.39 is 0 Å². The minimum Gasteiger partial charge on any atom is -0.408 e. The highest BCUT2D eigenvalue weighted by Crippen LogP contribution is 2.13. The molecule has 0 aliphatic rings. The van der Waals surface area contributed by atoms with Crippen molar-refractivity contribution in [3.63, 3.8) is 0 Å². The van der Waals surface area contributed by atoms with Gasteiger partial charge in [0.2, 0.25) is 5.89 Å². The Balaban J connectivity index is 1.59. The number of aromatic nitrogens is 4. The summed E-state index contributed by atoms with van der Waals surface area (Å²) in [6, 6.07) is 6.68. The smallest absolute Gasteiger partial charge is 0.315 e. The van der Waals surface area contributed by atoms with E-state index in [-0.39, 0.29) is 5.82 Å². The van der Waals surface area contributed by atoms with Crippen LogP contribution in [0.3, 0.4) is 0 Å². The maximum Gasteiger partial charge on any atom is 0.315 e. The van der Waals surface area contributed by atoms with Crippen LogP contribution < -0.4 is 5.32 Å². The van der Waals surface area contributed by atoms with Crippen molar-refractivity contribution in [2.45, 2.75) is 26.4 Å². The highest BCUT2D eigenvalue weighted by Gasteiger charge is 2.08. The number of hydrogen-bond acceptors (Lipinski definition) is 5. The summed E-state index contributed by atoms with van der Waals surface area (Å²) in [4.78, 5) is 0. The van der Waals surface area contributed by atoms with Gasteiger partial charge in [0.15, 0.2) is 0 Å². The topological polar surface area (TPSA) is 68.8 Å². The number of nitrogens with one attached hydrogen (secondary N) is 1. The molecular formula is C15H16FN5O. The fourth-order valence-electron chi connectivity index (χ4n) is 2.07. The lowest BCUT2D eigenvalue weighted by Crippen LogP contribution is -1.98. The lowest BCUT2D eigenvalue weighted by molar-refractivity contribution is 0.515. The van der Waals surface area contributed by atoms with Gasteiger partial charge in [-0.2, -0.15) is 5.10 Å². The molecule has 0 bridgehead atoms. The molecule has 2 aromatic heterocycles. The van der Waals surface area contributed by atoms with Crippen LogP contribution in [0.5, 0.6) is 0 Å². The lowest BCUT2D eigenvalue weighted by atomic mass is 10.1. The molecule has 0 atom stereocenters. The maximum absolute atomic E-state index is 13.1. The summed E-state index contributed by atoms with van der Waals surface area (Å²) in [6.45, 7) is 3.42. The van der Waals surface area contributed by atoms with Crippen LogP contribution in [-0.2, 0) is 19.5 Å². The second-order valence-electron chi connectivity index (χ2n) is 4.87. The third-order valence-corrected chi connectivity index (χ3v) is 3.17. The summed E-state index contributed by atoms with van der Waals surface area (Å²) in [5.74, 6) is 0.167. The van der Waals surface area contributed by atoms with E-state index in [2.05, 4.69) is 20.6 Å². The van der Waals surface area contributed by atoms with Crippen molar-refractivity contribution in [2.75, 3.05) is 5.32 Å². The molecule has 114 valence electrons. The zero-order chi connectivity index (χ0) is 15.4. The molecule has 7 heteroatoms. The summed E-state index contributed by atoms with van der Waals surface area (Å²) in [6.07, 6.45) is 4.15. The molecule has 1 N–H and O–H groups in total. The van der Waals surface area contributed by atoms with Gasteiger partial charge in [-0.15, -0.1) is 5.10 Å². The van der Waals surface area contributed by atoms with Crippen molar-refractivity contribution >= 4 is 6.01 Å². The van der Waals surface area contributed by atoms with Gasteiger partial charge in [-0.3, -0.25) is 4.68 Å². The van der Waals surface area contributed by atoms with Crippen LogP contribution in [0.4, 0.5) is 10.4 Å². The van der Waals surface area contributed by atoms with E-state index in [1.807, 2.05) is 23.9 Å². The van der Waals surface area contributed by atoms with Gasteiger partial charge in [0, 0.05) is 24.8 Å². The molecule has 2 heterocycles. The van der Waals surface area contributed by atoms with E-state index in [0.717, 1.165) is 17.7 Å². The maximum atomic E-state index is 13.1. The molecule has 3 rings (SSSR count). The normalized spacial score (nSPS) is 10.8. The van der Waals surface area contributed by atoms with Crippen molar-refractivity contribution in [3.05, 3.63) is 59.5 Å². The minimum atomic E-state index is -0.275. The summed E-state index contributed by atoms with van der Waals surface area (Å²) in [7, 11) is 0. The molecule has 0 saturated carbocycles. The molecule has 0 aliphatic heterocycles. The third-order valence-electron chi connectivity index (χ3n) is 3.17. The molecule has 0 amide bonds. The van der Waals surface area contributed by atoms with E-state index >= 15 is 0 Å². The van der Waals surface area contributed by atoms with Crippen molar-refractivity contribution in [3.8, 4) is 0 Å². The molecule has 1 aromatic carbocycles. The highest BCUT2D eigenvalue weighted by atomic mass is 19.1. The molecule has 22 heavy (non-hydrogen) atoms. The molecule has 0 unspecified atom stereocenters. The van der Waals surface area contributed by atoms with E-state index in [0.29, 0.717) is 24.9 Å². The van der Waals surface area contributed by atoms with Gasteiger partial charge in [-0.25, -0.2) is 4.39 Å². The van der Waals surface area contributed by atoms with E-state index in [9.17, 15) is 4.39 Å². The van der Waals surface area contributed by atoms with Gasteiger partial charge >= 0.3 is 6.01 Å². The Morgan fingerprint density at radius 2 is 2.18 bits per heavy atom. The average Bonchev–Trinajstić information content (AvgIpc) is 3.14. The Morgan fingerprint density at radius 3 is 2.95 bits per heavy atom. The number of hydrogen-bond donors (Lipinski definition) is 1. The minimum absolute atomic E-state index is 0.275. The number of anilines is 1.